The zero-order valence-electron chi connectivity index (χ0n) is 8.04. The van der Waals surface area contributed by atoms with E-state index in [1.165, 1.54) is 5.69 Å². The van der Waals surface area contributed by atoms with Crippen molar-refractivity contribution < 1.29 is 0 Å². The van der Waals surface area contributed by atoms with Gasteiger partial charge in [-0.1, -0.05) is 6.92 Å². The number of nitrogens with zero attached hydrogens (tertiary/aromatic N) is 2. The molecule has 1 aromatic rings. The minimum atomic E-state index is 0.503. The van der Waals surface area contributed by atoms with Crippen LogP contribution in [0.1, 0.15) is 18.3 Å². The Balaban J connectivity index is 2.68. The van der Waals surface area contributed by atoms with Gasteiger partial charge in [0.2, 0.25) is 0 Å². The molecular formula is C9H17N3. The fraction of sp³-hybridized carbons (Fsp3) is 0.667. The fourth-order valence-electron chi connectivity index (χ4n) is 1.23. The van der Waals surface area contributed by atoms with Gasteiger partial charge in [0.1, 0.15) is 0 Å². The number of hydrogen-bond acceptors (Lipinski definition) is 2. The standard InChI is InChI=1S/C9H17N3/c1-7(5-10)6-12-9(3)4-8(2)11-12/h4,7H,5-6,10H2,1-3H3. The van der Waals surface area contributed by atoms with Crippen molar-refractivity contribution in [2.24, 2.45) is 11.7 Å². The van der Waals surface area contributed by atoms with E-state index in [-0.39, 0.29) is 0 Å². The lowest BCUT2D eigenvalue weighted by Gasteiger charge is -2.09. The summed E-state index contributed by atoms with van der Waals surface area (Å²) in [5.74, 6) is 0.503. The van der Waals surface area contributed by atoms with Crippen LogP contribution in [0, 0.1) is 19.8 Å². The first-order valence-corrected chi connectivity index (χ1v) is 4.34. The summed E-state index contributed by atoms with van der Waals surface area (Å²) in [6.45, 7) is 7.87. The number of nitrogens with two attached hydrogens (primary N) is 1. The molecule has 1 unspecified atom stereocenters. The second-order valence-electron chi connectivity index (χ2n) is 3.45. The zero-order chi connectivity index (χ0) is 9.14. The maximum absolute atomic E-state index is 5.54. The van der Waals surface area contributed by atoms with Crippen molar-refractivity contribution in [3.63, 3.8) is 0 Å². The number of aromatic nitrogens is 2. The third kappa shape index (κ3) is 2.08. The van der Waals surface area contributed by atoms with Crippen LogP contribution in [-0.2, 0) is 6.54 Å². The molecule has 1 heterocycles. The predicted octanol–water partition coefficient (Wildman–Crippen LogP) is 1.09. The first kappa shape index (κ1) is 9.26. The molecule has 0 bridgehead atoms. The molecule has 68 valence electrons. The molecule has 0 saturated heterocycles. The SMILES string of the molecule is Cc1cc(C)n(CC(C)CN)n1. The molecule has 12 heavy (non-hydrogen) atoms. The van der Waals surface area contributed by atoms with Crippen molar-refractivity contribution in [2.75, 3.05) is 6.54 Å². The summed E-state index contributed by atoms with van der Waals surface area (Å²) < 4.78 is 2.02. The van der Waals surface area contributed by atoms with Gasteiger partial charge in [-0.2, -0.15) is 5.10 Å². The van der Waals surface area contributed by atoms with Gasteiger partial charge in [-0.3, -0.25) is 4.68 Å². The Morgan fingerprint density at radius 3 is 2.67 bits per heavy atom. The van der Waals surface area contributed by atoms with Gasteiger partial charge in [0.05, 0.1) is 5.69 Å². The zero-order valence-corrected chi connectivity index (χ0v) is 8.04. The summed E-state index contributed by atoms with van der Waals surface area (Å²) >= 11 is 0. The summed E-state index contributed by atoms with van der Waals surface area (Å²) in [6.07, 6.45) is 0. The van der Waals surface area contributed by atoms with Crippen molar-refractivity contribution in [2.45, 2.75) is 27.3 Å². The predicted molar refractivity (Wildman–Crippen MR) is 49.9 cm³/mol. The normalized spacial score (nSPS) is 13.3. The Morgan fingerprint density at radius 2 is 2.25 bits per heavy atom. The van der Waals surface area contributed by atoms with Crippen LogP contribution in [0.15, 0.2) is 6.07 Å². The first-order chi connectivity index (χ1) is 5.63. The molecule has 0 aliphatic carbocycles. The van der Waals surface area contributed by atoms with E-state index in [1.807, 2.05) is 11.6 Å². The van der Waals surface area contributed by atoms with E-state index in [0.717, 1.165) is 18.8 Å². The molecule has 1 aromatic heterocycles. The molecule has 0 fully saturated rings. The summed E-state index contributed by atoms with van der Waals surface area (Å²) in [7, 11) is 0. The van der Waals surface area contributed by atoms with Crippen molar-refractivity contribution >= 4 is 0 Å². The van der Waals surface area contributed by atoms with E-state index in [0.29, 0.717) is 5.92 Å². The van der Waals surface area contributed by atoms with Crippen LogP contribution in [0.3, 0.4) is 0 Å². The Morgan fingerprint density at radius 1 is 1.58 bits per heavy atom. The van der Waals surface area contributed by atoms with Crippen LogP contribution in [-0.4, -0.2) is 16.3 Å². The minimum Gasteiger partial charge on any atom is -0.330 e. The van der Waals surface area contributed by atoms with Crippen LogP contribution < -0.4 is 5.73 Å². The number of aryl methyl sites for hydroxylation is 2. The van der Waals surface area contributed by atoms with E-state index in [9.17, 15) is 0 Å². The van der Waals surface area contributed by atoms with Gasteiger partial charge in [0.25, 0.3) is 0 Å². The molecular weight excluding hydrogens is 150 g/mol. The van der Waals surface area contributed by atoms with Gasteiger partial charge in [-0.05, 0) is 32.4 Å². The highest BCUT2D eigenvalue weighted by Crippen LogP contribution is 2.04. The van der Waals surface area contributed by atoms with Gasteiger partial charge in [0, 0.05) is 12.2 Å². The number of rotatable bonds is 3. The molecule has 1 rings (SSSR count). The average molecular weight is 167 g/mol. The first-order valence-electron chi connectivity index (χ1n) is 4.34. The number of hydrogen-bond donors (Lipinski definition) is 1. The Labute approximate surface area is 73.6 Å². The summed E-state index contributed by atoms with van der Waals surface area (Å²) in [5.41, 5.74) is 7.83. The Kier molecular flexibility index (Phi) is 2.87. The second-order valence-corrected chi connectivity index (χ2v) is 3.45. The maximum atomic E-state index is 5.54. The van der Waals surface area contributed by atoms with Crippen LogP contribution in [0.4, 0.5) is 0 Å². The largest absolute Gasteiger partial charge is 0.330 e. The Hall–Kier alpha value is -0.830. The molecule has 0 saturated carbocycles. The van der Waals surface area contributed by atoms with Gasteiger partial charge in [-0.25, -0.2) is 0 Å². The topological polar surface area (TPSA) is 43.8 Å². The molecule has 0 radical (unpaired) electrons. The average Bonchev–Trinajstić information content (AvgIpc) is 2.30. The molecule has 0 aliphatic heterocycles. The van der Waals surface area contributed by atoms with Crippen LogP contribution in [0.2, 0.25) is 0 Å². The molecule has 0 spiro atoms. The van der Waals surface area contributed by atoms with E-state index in [1.54, 1.807) is 0 Å². The summed E-state index contributed by atoms with van der Waals surface area (Å²) in [5, 5.41) is 4.36. The highest BCUT2D eigenvalue weighted by Gasteiger charge is 2.04. The molecule has 0 aromatic carbocycles. The van der Waals surface area contributed by atoms with Crippen LogP contribution >= 0.6 is 0 Å². The van der Waals surface area contributed by atoms with E-state index < -0.39 is 0 Å². The molecule has 0 amide bonds. The van der Waals surface area contributed by atoms with Crippen molar-refractivity contribution in [1.82, 2.24) is 9.78 Å². The lowest BCUT2D eigenvalue weighted by molar-refractivity contribution is 0.450. The molecule has 3 heteroatoms. The van der Waals surface area contributed by atoms with Crippen LogP contribution in [0.5, 0.6) is 0 Å². The lowest BCUT2D eigenvalue weighted by Crippen LogP contribution is -2.18. The minimum absolute atomic E-state index is 0.503. The van der Waals surface area contributed by atoms with Gasteiger partial charge in [-0.15, -0.1) is 0 Å². The quantitative estimate of drug-likeness (QED) is 0.732. The molecule has 2 N–H and O–H groups in total. The van der Waals surface area contributed by atoms with Crippen molar-refractivity contribution in [3.8, 4) is 0 Å². The molecule has 1 atom stereocenters. The third-order valence-electron chi connectivity index (χ3n) is 1.99. The van der Waals surface area contributed by atoms with Crippen molar-refractivity contribution in [3.05, 3.63) is 17.5 Å². The third-order valence-corrected chi connectivity index (χ3v) is 1.99. The van der Waals surface area contributed by atoms with E-state index >= 15 is 0 Å². The lowest BCUT2D eigenvalue weighted by atomic mass is 10.2. The highest BCUT2D eigenvalue weighted by molar-refractivity contribution is 5.06. The molecule has 0 aliphatic rings. The molecule has 3 nitrogen and oxygen atoms in total. The van der Waals surface area contributed by atoms with Crippen molar-refractivity contribution in [1.29, 1.82) is 0 Å². The summed E-state index contributed by atoms with van der Waals surface area (Å²) in [4.78, 5) is 0. The Bertz CT molecular complexity index is 252. The van der Waals surface area contributed by atoms with Crippen LogP contribution in [0.25, 0.3) is 0 Å². The van der Waals surface area contributed by atoms with E-state index in [4.69, 9.17) is 5.73 Å². The van der Waals surface area contributed by atoms with Gasteiger partial charge >= 0.3 is 0 Å². The smallest absolute Gasteiger partial charge is 0.0596 e. The monoisotopic (exact) mass is 167 g/mol. The fourth-order valence-corrected chi connectivity index (χ4v) is 1.23. The van der Waals surface area contributed by atoms with Gasteiger partial charge in [0.15, 0.2) is 0 Å². The summed E-state index contributed by atoms with van der Waals surface area (Å²) in [6, 6.07) is 2.09. The maximum Gasteiger partial charge on any atom is 0.0596 e. The highest BCUT2D eigenvalue weighted by atomic mass is 15.3. The van der Waals surface area contributed by atoms with E-state index in [2.05, 4.69) is 25.0 Å². The van der Waals surface area contributed by atoms with Gasteiger partial charge < -0.3 is 5.73 Å². The second kappa shape index (κ2) is 3.72.